The van der Waals surface area contributed by atoms with E-state index < -0.39 is 0 Å². The van der Waals surface area contributed by atoms with E-state index in [1.165, 1.54) is 0 Å². The van der Waals surface area contributed by atoms with E-state index in [4.69, 9.17) is 4.74 Å². The molecular weight excluding hydrogens is 253 g/mol. The minimum atomic E-state index is -0.174. The molecule has 0 radical (unpaired) electrons. The first-order chi connectivity index (χ1) is 9.65. The third-order valence-electron chi connectivity index (χ3n) is 3.32. The van der Waals surface area contributed by atoms with Crippen molar-refractivity contribution in [2.24, 2.45) is 0 Å². The molecule has 2 nitrogen and oxygen atoms in total. The zero-order chi connectivity index (χ0) is 14.5. The number of hydrogen-bond acceptors (Lipinski definition) is 2. The summed E-state index contributed by atoms with van der Waals surface area (Å²) >= 11 is 0. The maximum Gasteiger partial charge on any atom is 0.128 e. The number of halogens is 1. The van der Waals surface area contributed by atoms with E-state index >= 15 is 0 Å². The maximum absolute atomic E-state index is 14.2. The Balaban J connectivity index is 2.38. The predicted octanol–water partition coefficient (Wildman–Crippen LogP) is 3.84. The van der Waals surface area contributed by atoms with Gasteiger partial charge in [-0.05, 0) is 42.8 Å². The van der Waals surface area contributed by atoms with Crippen LogP contribution in [0.25, 0.3) is 0 Å². The van der Waals surface area contributed by atoms with Gasteiger partial charge in [0.2, 0.25) is 0 Å². The van der Waals surface area contributed by atoms with Crippen LogP contribution in [0.3, 0.4) is 0 Å². The summed E-state index contributed by atoms with van der Waals surface area (Å²) in [5.41, 5.74) is 2.62. The molecule has 2 aromatic carbocycles. The van der Waals surface area contributed by atoms with Crippen molar-refractivity contribution >= 4 is 0 Å². The Morgan fingerprint density at radius 3 is 2.40 bits per heavy atom. The topological polar surface area (TPSA) is 21.3 Å². The minimum Gasteiger partial charge on any atom is -0.497 e. The SMILES string of the molecule is CCNC(c1ccc(OC)cc1)c1ccc(C)cc1F. The van der Waals surface area contributed by atoms with Gasteiger partial charge in [0.15, 0.2) is 0 Å². The van der Waals surface area contributed by atoms with E-state index in [0.717, 1.165) is 23.4 Å². The zero-order valence-corrected chi connectivity index (χ0v) is 12.1. The summed E-state index contributed by atoms with van der Waals surface area (Å²) in [6, 6.07) is 12.9. The number of hydrogen-bond donors (Lipinski definition) is 1. The monoisotopic (exact) mass is 273 g/mol. The van der Waals surface area contributed by atoms with Gasteiger partial charge in [0.05, 0.1) is 13.2 Å². The third-order valence-corrected chi connectivity index (χ3v) is 3.32. The van der Waals surface area contributed by atoms with Crippen LogP contribution in [0.15, 0.2) is 42.5 Å². The van der Waals surface area contributed by atoms with Crippen LogP contribution in [0.2, 0.25) is 0 Å². The summed E-state index contributed by atoms with van der Waals surface area (Å²) in [5, 5.41) is 3.33. The van der Waals surface area contributed by atoms with Gasteiger partial charge in [-0.3, -0.25) is 0 Å². The van der Waals surface area contributed by atoms with Gasteiger partial charge in [-0.15, -0.1) is 0 Å². The molecule has 0 fully saturated rings. The molecule has 20 heavy (non-hydrogen) atoms. The van der Waals surface area contributed by atoms with Crippen molar-refractivity contribution in [1.29, 1.82) is 0 Å². The Morgan fingerprint density at radius 2 is 1.85 bits per heavy atom. The van der Waals surface area contributed by atoms with Crippen molar-refractivity contribution in [3.05, 3.63) is 65.0 Å². The van der Waals surface area contributed by atoms with E-state index in [-0.39, 0.29) is 11.9 Å². The number of nitrogens with one attached hydrogen (secondary N) is 1. The molecule has 1 unspecified atom stereocenters. The van der Waals surface area contributed by atoms with Crippen LogP contribution in [0.4, 0.5) is 4.39 Å². The normalized spacial score (nSPS) is 12.2. The lowest BCUT2D eigenvalue weighted by Crippen LogP contribution is -2.23. The molecule has 0 aliphatic carbocycles. The second-order valence-corrected chi connectivity index (χ2v) is 4.79. The fraction of sp³-hybridized carbons (Fsp3) is 0.294. The van der Waals surface area contributed by atoms with Crippen LogP contribution in [0.1, 0.15) is 29.7 Å². The highest BCUT2D eigenvalue weighted by Crippen LogP contribution is 2.26. The first kappa shape index (κ1) is 14.5. The first-order valence-electron chi connectivity index (χ1n) is 6.79. The van der Waals surface area contributed by atoms with Gasteiger partial charge in [0.1, 0.15) is 11.6 Å². The summed E-state index contributed by atoms with van der Waals surface area (Å²) in [4.78, 5) is 0. The van der Waals surface area contributed by atoms with Gasteiger partial charge in [0, 0.05) is 5.56 Å². The van der Waals surface area contributed by atoms with E-state index in [2.05, 4.69) is 5.32 Å². The van der Waals surface area contributed by atoms with Crippen LogP contribution >= 0.6 is 0 Å². The highest BCUT2D eigenvalue weighted by molar-refractivity contribution is 5.37. The Morgan fingerprint density at radius 1 is 1.15 bits per heavy atom. The molecule has 0 bridgehead atoms. The van der Waals surface area contributed by atoms with Gasteiger partial charge in [0.25, 0.3) is 0 Å². The van der Waals surface area contributed by atoms with E-state index in [0.29, 0.717) is 5.56 Å². The van der Waals surface area contributed by atoms with Gasteiger partial charge < -0.3 is 10.1 Å². The summed E-state index contributed by atoms with van der Waals surface area (Å²) in [5.74, 6) is 0.625. The average Bonchev–Trinajstić information content (AvgIpc) is 2.46. The number of benzene rings is 2. The smallest absolute Gasteiger partial charge is 0.128 e. The zero-order valence-electron chi connectivity index (χ0n) is 12.1. The molecule has 2 aromatic rings. The van der Waals surface area contributed by atoms with Crippen LogP contribution in [0.5, 0.6) is 5.75 Å². The largest absolute Gasteiger partial charge is 0.497 e. The molecule has 0 saturated carbocycles. The Bertz CT molecular complexity index is 566. The van der Waals surface area contributed by atoms with Crippen molar-refractivity contribution in [2.45, 2.75) is 19.9 Å². The number of rotatable bonds is 5. The molecule has 0 aromatic heterocycles. The summed E-state index contributed by atoms with van der Waals surface area (Å²) in [7, 11) is 1.64. The highest BCUT2D eigenvalue weighted by Gasteiger charge is 2.17. The van der Waals surface area contributed by atoms with Crippen molar-refractivity contribution < 1.29 is 9.13 Å². The molecule has 0 aliphatic heterocycles. The summed E-state index contributed by atoms with van der Waals surface area (Å²) in [6.45, 7) is 4.68. The molecular formula is C17H20FNO. The molecule has 0 aliphatic rings. The lowest BCUT2D eigenvalue weighted by atomic mass is 9.97. The lowest BCUT2D eigenvalue weighted by Gasteiger charge is -2.20. The Kier molecular flexibility index (Phi) is 4.74. The van der Waals surface area contributed by atoms with Crippen LogP contribution in [0, 0.1) is 12.7 Å². The fourth-order valence-corrected chi connectivity index (χ4v) is 2.27. The lowest BCUT2D eigenvalue weighted by molar-refractivity contribution is 0.414. The molecule has 106 valence electrons. The predicted molar refractivity (Wildman–Crippen MR) is 79.7 cm³/mol. The Hall–Kier alpha value is -1.87. The van der Waals surface area contributed by atoms with Gasteiger partial charge in [-0.2, -0.15) is 0 Å². The van der Waals surface area contributed by atoms with Crippen molar-refractivity contribution in [1.82, 2.24) is 5.32 Å². The third kappa shape index (κ3) is 3.17. The van der Waals surface area contributed by atoms with Crippen LogP contribution < -0.4 is 10.1 Å². The minimum absolute atomic E-state index is 0.147. The highest BCUT2D eigenvalue weighted by atomic mass is 19.1. The van der Waals surface area contributed by atoms with E-state index in [1.54, 1.807) is 13.2 Å². The molecule has 0 amide bonds. The number of aryl methyl sites for hydroxylation is 1. The van der Waals surface area contributed by atoms with E-state index in [1.807, 2.05) is 50.2 Å². The van der Waals surface area contributed by atoms with Crippen molar-refractivity contribution in [3.8, 4) is 5.75 Å². The van der Waals surface area contributed by atoms with Gasteiger partial charge in [-0.25, -0.2) is 4.39 Å². The fourth-order valence-electron chi connectivity index (χ4n) is 2.27. The number of methoxy groups -OCH3 is 1. The second kappa shape index (κ2) is 6.53. The van der Waals surface area contributed by atoms with Gasteiger partial charge >= 0.3 is 0 Å². The maximum atomic E-state index is 14.2. The summed E-state index contributed by atoms with van der Waals surface area (Å²) in [6.07, 6.45) is 0. The quantitative estimate of drug-likeness (QED) is 0.893. The molecule has 0 saturated heterocycles. The molecule has 1 N–H and O–H groups in total. The molecule has 2 rings (SSSR count). The Labute approximate surface area is 119 Å². The van der Waals surface area contributed by atoms with Gasteiger partial charge in [-0.1, -0.05) is 31.2 Å². The molecule has 1 atom stereocenters. The van der Waals surface area contributed by atoms with E-state index in [9.17, 15) is 4.39 Å². The number of ether oxygens (including phenoxy) is 1. The van der Waals surface area contributed by atoms with Crippen molar-refractivity contribution in [3.63, 3.8) is 0 Å². The second-order valence-electron chi connectivity index (χ2n) is 4.79. The standard InChI is InChI=1S/C17H20FNO/c1-4-19-17(13-6-8-14(20-3)9-7-13)15-10-5-12(2)11-16(15)18/h5-11,17,19H,4H2,1-3H3. The first-order valence-corrected chi connectivity index (χ1v) is 6.79. The van der Waals surface area contributed by atoms with Crippen LogP contribution in [-0.2, 0) is 0 Å². The molecule has 3 heteroatoms. The van der Waals surface area contributed by atoms with Crippen molar-refractivity contribution in [2.75, 3.05) is 13.7 Å². The average molecular weight is 273 g/mol. The van der Waals surface area contributed by atoms with Crippen LogP contribution in [-0.4, -0.2) is 13.7 Å². The summed E-state index contributed by atoms with van der Waals surface area (Å²) < 4.78 is 19.3. The molecule has 0 spiro atoms. The molecule has 0 heterocycles.